The summed E-state index contributed by atoms with van der Waals surface area (Å²) in [5.74, 6) is 1.12. The van der Waals surface area contributed by atoms with Gasteiger partial charge in [-0.3, -0.25) is 9.69 Å². The van der Waals surface area contributed by atoms with Crippen molar-refractivity contribution in [3.05, 3.63) is 35.6 Å². The summed E-state index contributed by atoms with van der Waals surface area (Å²) in [7, 11) is 0. The van der Waals surface area contributed by atoms with Crippen LogP contribution in [0, 0.1) is 11.7 Å². The summed E-state index contributed by atoms with van der Waals surface area (Å²) in [6, 6.07) is 5.77. The highest BCUT2D eigenvalue weighted by molar-refractivity contribution is 8.00. The van der Waals surface area contributed by atoms with Crippen LogP contribution < -0.4 is 5.32 Å². The van der Waals surface area contributed by atoms with Gasteiger partial charge in [-0.05, 0) is 30.0 Å². The topological polar surface area (TPSA) is 52.6 Å². The van der Waals surface area contributed by atoms with Crippen molar-refractivity contribution in [1.29, 1.82) is 0 Å². The number of rotatable bonds is 7. The van der Waals surface area contributed by atoms with Crippen molar-refractivity contribution in [3.8, 4) is 0 Å². The molecule has 0 aromatic heterocycles. The van der Waals surface area contributed by atoms with Gasteiger partial charge in [-0.1, -0.05) is 26.0 Å². The van der Waals surface area contributed by atoms with Crippen molar-refractivity contribution in [3.63, 3.8) is 0 Å². The van der Waals surface area contributed by atoms with Gasteiger partial charge in [0.25, 0.3) is 0 Å². The smallest absolute Gasteiger partial charge is 0.248 e. The van der Waals surface area contributed by atoms with Gasteiger partial charge < -0.3 is 10.4 Å². The van der Waals surface area contributed by atoms with Crippen LogP contribution in [0.2, 0.25) is 0 Å². The molecule has 1 aliphatic heterocycles. The first-order chi connectivity index (χ1) is 11.0. The number of benzene rings is 1. The highest BCUT2D eigenvalue weighted by Gasteiger charge is 2.32. The van der Waals surface area contributed by atoms with Crippen molar-refractivity contribution in [1.82, 2.24) is 10.2 Å². The fourth-order valence-electron chi connectivity index (χ4n) is 2.79. The van der Waals surface area contributed by atoms with Crippen LogP contribution in [-0.4, -0.2) is 46.7 Å². The second-order valence-corrected chi connectivity index (χ2v) is 7.43. The minimum atomic E-state index is -0.308. The Kier molecular flexibility index (Phi) is 6.87. The number of nitrogens with one attached hydrogen (secondary N) is 1. The molecule has 0 saturated carbocycles. The van der Waals surface area contributed by atoms with Crippen LogP contribution in [0.5, 0.6) is 0 Å². The van der Waals surface area contributed by atoms with E-state index in [0.29, 0.717) is 12.3 Å². The van der Waals surface area contributed by atoms with E-state index in [-0.39, 0.29) is 29.7 Å². The molecule has 0 aliphatic carbocycles. The first-order valence-electron chi connectivity index (χ1n) is 8.03. The maximum absolute atomic E-state index is 13.1. The molecule has 6 heteroatoms. The van der Waals surface area contributed by atoms with Gasteiger partial charge >= 0.3 is 0 Å². The second-order valence-electron chi connectivity index (χ2n) is 6.24. The van der Waals surface area contributed by atoms with Gasteiger partial charge in [-0.15, -0.1) is 11.8 Å². The number of carbonyl (C=O) groups is 1. The van der Waals surface area contributed by atoms with Crippen molar-refractivity contribution < 1.29 is 14.3 Å². The zero-order chi connectivity index (χ0) is 16.8. The van der Waals surface area contributed by atoms with Crippen LogP contribution in [0.4, 0.5) is 4.39 Å². The molecule has 4 nitrogen and oxygen atoms in total. The second kappa shape index (κ2) is 8.66. The van der Waals surface area contributed by atoms with Crippen LogP contribution in [0.3, 0.4) is 0 Å². The molecule has 1 aromatic carbocycles. The van der Waals surface area contributed by atoms with Gasteiger partial charge in [0.15, 0.2) is 0 Å². The molecular formula is C17H25FN2O2S. The molecule has 1 saturated heterocycles. The van der Waals surface area contributed by atoms with Crippen molar-refractivity contribution in [2.45, 2.75) is 31.7 Å². The number of halogens is 1. The predicted octanol–water partition coefficient (Wildman–Crippen LogP) is 2.40. The van der Waals surface area contributed by atoms with Gasteiger partial charge in [0.1, 0.15) is 11.2 Å². The van der Waals surface area contributed by atoms with Gasteiger partial charge in [0, 0.05) is 25.4 Å². The Hall–Kier alpha value is -1.11. The first-order valence-corrected chi connectivity index (χ1v) is 9.08. The first kappa shape index (κ1) is 18.2. The number of aliphatic hydroxyl groups is 1. The molecule has 0 bridgehead atoms. The van der Waals surface area contributed by atoms with Crippen LogP contribution in [0.25, 0.3) is 0 Å². The molecule has 1 fully saturated rings. The average Bonchev–Trinajstić information content (AvgIpc) is 2.95. The fourth-order valence-corrected chi connectivity index (χ4v) is 3.98. The molecule has 23 heavy (non-hydrogen) atoms. The number of hydrogen-bond acceptors (Lipinski definition) is 4. The summed E-state index contributed by atoms with van der Waals surface area (Å²) in [6.07, 6.45) is 0.416. The van der Waals surface area contributed by atoms with E-state index >= 15 is 0 Å². The number of aliphatic hydroxyl groups excluding tert-OH is 1. The normalized spacial score (nSPS) is 20.0. The third-order valence-corrected chi connectivity index (χ3v) is 5.06. The van der Waals surface area contributed by atoms with E-state index in [9.17, 15) is 14.3 Å². The minimum Gasteiger partial charge on any atom is -0.396 e. The van der Waals surface area contributed by atoms with Crippen LogP contribution in [0.15, 0.2) is 24.3 Å². The molecule has 1 aliphatic rings. The third kappa shape index (κ3) is 5.19. The average molecular weight is 340 g/mol. The molecule has 1 amide bonds. The SMILES string of the molecule is CC(C)CN1CCSC1C(=O)NC(CCO)c1ccc(F)cc1. The fraction of sp³-hybridized carbons (Fsp3) is 0.588. The van der Waals surface area contributed by atoms with Gasteiger partial charge in [0.2, 0.25) is 5.91 Å². The van der Waals surface area contributed by atoms with Gasteiger partial charge in [-0.25, -0.2) is 4.39 Å². The molecular weight excluding hydrogens is 315 g/mol. The molecule has 0 spiro atoms. The number of thioether (sulfide) groups is 1. The van der Waals surface area contributed by atoms with Crippen molar-refractivity contribution in [2.75, 3.05) is 25.4 Å². The van der Waals surface area contributed by atoms with E-state index in [4.69, 9.17) is 0 Å². The van der Waals surface area contributed by atoms with Gasteiger partial charge in [0.05, 0.1) is 6.04 Å². The maximum Gasteiger partial charge on any atom is 0.248 e. The Morgan fingerprint density at radius 1 is 1.43 bits per heavy atom. The molecule has 0 radical (unpaired) electrons. The quantitative estimate of drug-likeness (QED) is 0.800. The Balaban J connectivity index is 2.04. The Labute approximate surface area is 141 Å². The van der Waals surface area contributed by atoms with E-state index in [0.717, 1.165) is 24.4 Å². The zero-order valence-electron chi connectivity index (χ0n) is 13.7. The molecule has 2 N–H and O–H groups in total. The summed E-state index contributed by atoms with van der Waals surface area (Å²) in [6.45, 7) is 6.07. The standard InChI is InChI=1S/C17H25FN2O2S/c1-12(2)11-20-8-10-23-17(20)16(22)19-15(7-9-21)13-3-5-14(18)6-4-13/h3-6,12,15,17,21H,7-11H2,1-2H3,(H,19,22). The van der Waals surface area contributed by atoms with E-state index in [2.05, 4.69) is 24.1 Å². The largest absolute Gasteiger partial charge is 0.396 e. The van der Waals surface area contributed by atoms with Crippen LogP contribution in [-0.2, 0) is 4.79 Å². The predicted molar refractivity (Wildman–Crippen MR) is 91.6 cm³/mol. The lowest BCUT2D eigenvalue weighted by Crippen LogP contribution is -2.44. The summed E-state index contributed by atoms with van der Waals surface area (Å²) < 4.78 is 13.1. The Bertz CT molecular complexity index is 510. The number of carbonyl (C=O) groups excluding carboxylic acids is 1. The number of amides is 1. The van der Waals surface area contributed by atoms with E-state index in [1.54, 1.807) is 23.9 Å². The lowest BCUT2D eigenvalue weighted by atomic mass is 10.0. The summed E-state index contributed by atoms with van der Waals surface area (Å²) in [5.41, 5.74) is 0.812. The summed E-state index contributed by atoms with van der Waals surface area (Å²) >= 11 is 1.65. The highest BCUT2D eigenvalue weighted by atomic mass is 32.2. The van der Waals surface area contributed by atoms with E-state index in [1.807, 2.05) is 0 Å². The summed E-state index contributed by atoms with van der Waals surface area (Å²) in [4.78, 5) is 14.8. The van der Waals surface area contributed by atoms with Crippen molar-refractivity contribution >= 4 is 17.7 Å². The van der Waals surface area contributed by atoms with E-state index < -0.39 is 0 Å². The highest BCUT2D eigenvalue weighted by Crippen LogP contribution is 2.26. The Morgan fingerprint density at radius 2 is 2.13 bits per heavy atom. The lowest BCUT2D eigenvalue weighted by molar-refractivity contribution is -0.124. The number of nitrogens with zero attached hydrogens (tertiary/aromatic N) is 1. The summed E-state index contributed by atoms with van der Waals surface area (Å²) in [5, 5.41) is 12.1. The Morgan fingerprint density at radius 3 is 2.74 bits per heavy atom. The van der Waals surface area contributed by atoms with Gasteiger partial charge in [-0.2, -0.15) is 0 Å². The lowest BCUT2D eigenvalue weighted by Gasteiger charge is -2.27. The van der Waals surface area contributed by atoms with Crippen LogP contribution >= 0.6 is 11.8 Å². The molecule has 1 heterocycles. The molecule has 2 atom stereocenters. The van der Waals surface area contributed by atoms with E-state index in [1.165, 1.54) is 12.1 Å². The molecule has 1 aromatic rings. The van der Waals surface area contributed by atoms with Crippen LogP contribution in [0.1, 0.15) is 31.9 Å². The molecule has 2 rings (SSSR count). The molecule has 128 valence electrons. The zero-order valence-corrected chi connectivity index (χ0v) is 14.5. The van der Waals surface area contributed by atoms with Crippen molar-refractivity contribution in [2.24, 2.45) is 5.92 Å². The monoisotopic (exact) mass is 340 g/mol. The third-order valence-electron chi connectivity index (χ3n) is 3.82. The maximum atomic E-state index is 13.1. The number of hydrogen-bond donors (Lipinski definition) is 2. The minimum absolute atomic E-state index is 0.0316. The molecule has 2 unspecified atom stereocenters.